The van der Waals surface area contributed by atoms with Gasteiger partial charge in [0.1, 0.15) is 6.33 Å². The zero-order chi connectivity index (χ0) is 22.5. The molecule has 8 heteroatoms. The van der Waals surface area contributed by atoms with Gasteiger partial charge in [-0.15, -0.1) is 0 Å². The van der Waals surface area contributed by atoms with Crippen molar-refractivity contribution in [3.8, 4) is 22.8 Å². The van der Waals surface area contributed by atoms with Gasteiger partial charge in [-0.3, -0.25) is 9.48 Å². The number of amides is 1. The summed E-state index contributed by atoms with van der Waals surface area (Å²) in [6.07, 6.45) is 10.9. The smallest absolute Gasteiger partial charge is 0.251 e. The topological polar surface area (TPSA) is 91.2 Å². The molecule has 0 atom stereocenters. The molecule has 0 spiro atoms. The first-order valence-corrected chi connectivity index (χ1v) is 11.0. The number of rotatable bonds is 7. The molecule has 168 valence electrons. The fourth-order valence-corrected chi connectivity index (χ4v) is 4.04. The van der Waals surface area contributed by atoms with Crippen molar-refractivity contribution in [1.82, 2.24) is 25.1 Å². The molecule has 1 fully saturated rings. The molecule has 1 amide bonds. The number of benzene rings is 1. The van der Waals surface area contributed by atoms with Crippen molar-refractivity contribution in [3.05, 3.63) is 54.7 Å². The normalized spacial score (nSPS) is 18.4. The van der Waals surface area contributed by atoms with Crippen LogP contribution < -0.4 is 14.8 Å². The first-order chi connectivity index (χ1) is 15.5. The van der Waals surface area contributed by atoms with Gasteiger partial charge in [0.2, 0.25) is 0 Å². The van der Waals surface area contributed by atoms with Gasteiger partial charge in [0, 0.05) is 29.6 Å². The van der Waals surface area contributed by atoms with Crippen LogP contribution in [0.4, 0.5) is 0 Å². The molecule has 0 saturated heterocycles. The fraction of sp³-hybridized carbons (Fsp3) is 0.417. The Bertz CT molecular complexity index is 1040. The molecule has 0 bridgehead atoms. The molecule has 0 unspecified atom stereocenters. The predicted molar refractivity (Wildman–Crippen MR) is 121 cm³/mol. The van der Waals surface area contributed by atoms with E-state index < -0.39 is 0 Å². The van der Waals surface area contributed by atoms with E-state index in [2.05, 4.69) is 20.4 Å². The summed E-state index contributed by atoms with van der Waals surface area (Å²) < 4.78 is 13.2. The molecular weight excluding hydrogens is 406 g/mol. The Morgan fingerprint density at radius 3 is 2.66 bits per heavy atom. The third-order valence-electron chi connectivity index (χ3n) is 5.67. The van der Waals surface area contributed by atoms with Crippen LogP contribution in [-0.4, -0.2) is 44.9 Å². The maximum atomic E-state index is 12.8. The summed E-state index contributed by atoms with van der Waals surface area (Å²) in [6, 6.07) is 7.65. The predicted octanol–water partition coefficient (Wildman–Crippen LogP) is 4.05. The van der Waals surface area contributed by atoms with Crippen LogP contribution >= 0.6 is 0 Å². The van der Waals surface area contributed by atoms with Gasteiger partial charge in [0.15, 0.2) is 11.5 Å². The molecule has 2 aromatic heterocycles. The van der Waals surface area contributed by atoms with Crippen LogP contribution in [0.2, 0.25) is 0 Å². The van der Waals surface area contributed by atoms with E-state index in [1.165, 1.54) is 0 Å². The van der Waals surface area contributed by atoms with Crippen molar-refractivity contribution in [2.24, 2.45) is 0 Å². The highest BCUT2D eigenvalue weighted by molar-refractivity contribution is 5.95. The Morgan fingerprint density at radius 1 is 1.16 bits per heavy atom. The molecule has 8 nitrogen and oxygen atoms in total. The number of aromatic nitrogens is 4. The summed E-state index contributed by atoms with van der Waals surface area (Å²) in [6.45, 7) is 3.91. The van der Waals surface area contributed by atoms with Crippen molar-refractivity contribution >= 4 is 5.91 Å². The average molecular weight is 436 g/mol. The lowest BCUT2D eigenvalue weighted by Crippen LogP contribution is -2.38. The lowest BCUT2D eigenvalue weighted by molar-refractivity contribution is 0.0921. The van der Waals surface area contributed by atoms with Crippen LogP contribution in [-0.2, 0) is 0 Å². The van der Waals surface area contributed by atoms with Gasteiger partial charge in [-0.05, 0) is 63.8 Å². The Labute approximate surface area is 188 Å². The fourth-order valence-electron chi connectivity index (χ4n) is 4.04. The zero-order valence-electron chi connectivity index (χ0n) is 18.7. The lowest BCUT2D eigenvalue weighted by atomic mass is 9.91. The SMILES string of the molecule is COc1cc(C(=O)NC2CCC(n3cc(-c4ccncn4)cn3)CC2)ccc1OC(C)C. The number of methoxy groups -OCH3 is 1. The summed E-state index contributed by atoms with van der Waals surface area (Å²) >= 11 is 0. The first kappa shape index (κ1) is 21.8. The lowest BCUT2D eigenvalue weighted by Gasteiger charge is -2.29. The number of carbonyl (C=O) groups excluding carboxylic acids is 1. The molecule has 0 aliphatic heterocycles. The van der Waals surface area contributed by atoms with Crippen molar-refractivity contribution in [1.29, 1.82) is 0 Å². The minimum atomic E-state index is -0.0898. The molecule has 1 aliphatic carbocycles. The summed E-state index contributed by atoms with van der Waals surface area (Å²) in [4.78, 5) is 21.0. The van der Waals surface area contributed by atoms with Gasteiger partial charge in [-0.2, -0.15) is 5.10 Å². The number of carbonyl (C=O) groups is 1. The Morgan fingerprint density at radius 2 is 1.97 bits per heavy atom. The summed E-state index contributed by atoms with van der Waals surface area (Å²) in [5, 5.41) is 7.71. The standard InChI is InChI=1S/C24H29N5O3/c1-16(2)32-22-9-4-17(12-23(22)31-3)24(30)28-19-5-7-20(8-6-19)29-14-18(13-27-29)21-10-11-25-15-26-21/h4,9-16,19-20H,5-8H2,1-3H3,(H,28,30). The molecule has 2 heterocycles. The summed E-state index contributed by atoms with van der Waals surface area (Å²) in [5.74, 6) is 1.11. The number of nitrogens with zero attached hydrogens (tertiary/aromatic N) is 4. The molecule has 3 aromatic rings. The van der Waals surface area contributed by atoms with E-state index in [-0.39, 0.29) is 18.1 Å². The highest BCUT2D eigenvalue weighted by atomic mass is 16.5. The minimum absolute atomic E-state index is 0.0330. The van der Waals surface area contributed by atoms with E-state index in [4.69, 9.17) is 9.47 Å². The van der Waals surface area contributed by atoms with Crippen LogP contribution in [0.15, 0.2) is 49.2 Å². The highest BCUT2D eigenvalue weighted by Gasteiger charge is 2.25. The molecular formula is C24H29N5O3. The van der Waals surface area contributed by atoms with Crippen molar-refractivity contribution < 1.29 is 14.3 Å². The number of ether oxygens (including phenoxy) is 2. The zero-order valence-corrected chi connectivity index (χ0v) is 18.7. The van der Waals surface area contributed by atoms with E-state index in [9.17, 15) is 4.79 Å². The van der Waals surface area contributed by atoms with Crippen LogP contribution in [0.5, 0.6) is 11.5 Å². The molecule has 1 saturated carbocycles. The maximum absolute atomic E-state index is 12.8. The quantitative estimate of drug-likeness (QED) is 0.602. The van der Waals surface area contributed by atoms with E-state index >= 15 is 0 Å². The second kappa shape index (κ2) is 9.80. The Balaban J connectivity index is 1.33. The van der Waals surface area contributed by atoms with Gasteiger partial charge in [-0.25, -0.2) is 9.97 Å². The molecule has 0 radical (unpaired) electrons. The minimum Gasteiger partial charge on any atom is -0.493 e. The van der Waals surface area contributed by atoms with E-state index in [0.29, 0.717) is 23.1 Å². The summed E-state index contributed by atoms with van der Waals surface area (Å²) in [7, 11) is 1.58. The number of hydrogen-bond acceptors (Lipinski definition) is 6. The molecule has 4 rings (SSSR count). The third kappa shape index (κ3) is 5.07. The van der Waals surface area contributed by atoms with E-state index in [1.54, 1.807) is 37.8 Å². The average Bonchev–Trinajstić information content (AvgIpc) is 3.30. The van der Waals surface area contributed by atoms with Gasteiger partial charge in [0.25, 0.3) is 5.91 Å². The molecule has 1 aliphatic rings. The Hall–Kier alpha value is -3.42. The van der Waals surface area contributed by atoms with Gasteiger partial charge >= 0.3 is 0 Å². The number of hydrogen-bond donors (Lipinski definition) is 1. The largest absolute Gasteiger partial charge is 0.493 e. The first-order valence-electron chi connectivity index (χ1n) is 11.0. The van der Waals surface area contributed by atoms with E-state index in [1.807, 2.05) is 37.0 Å². The van der Waals surface area contributed by atoms with Crippen LogP contribution in [0, 0.1) is 0 Å². The van der Waals surface area contributed by atoms with Gasteiger partial charge < -0.3 is 14.8 Å². The number of nitrogens with one attached hydrogen (secondary N) is 1. The van der Waals surface area contributed by atoms with Crippen LogP contribution in [0.1, 0.15) is 55.9 Å². The van der Waals surface area contributed by atoms with Crippen molar-refractivity contribution in [2.45, 2.75) is 57.7 Å². The Kier molecular flexibility index (Phi) is 6.68. The van der Waals surface area contributed by atoms with Crippen molar-refractivity contribution in [2.75, 3.05) is 7.11 Å². The summed E-state index contributed by atoms with van der Waals surface area (Å²) in [5.41, 5.74) is 2.43. The second-order valence-electron chi connectivity index (χ2n) is 8.31. The van der Waals surface area contributed by atoms with Gasteiger partial charge in [-0.1, -0.05) is 0 Å². The van der Waals surface area contributed by atoms with Gasteiger partial charge in [0.05, 0.1) is 31.1 Å². The second-order valence-corrected chi connectivity index (χ2v) is 8.31. The molecule has 1 aromatic carbocycles. The maximum Gasteiger partial charge on any atom is 0.251 e. The van der Waals surface area contributed by atoms with Crippen molar-refractivity contribution in [3.63, 3.8) is 0 Å². The monoisotopic (exact) mass is 435 g/mol. The molecule has 1 N–H and O–H groups in total. The highest BCUT2D eigenvalue weighted by Crippen LogP contribution is 2.31. The van der Waals surface area contributed by atoms with Crippen LogP contribution in [0.3, 0.4) is 0 Å². The molecule has 32 heavy (non-hydrogen) atoms. The van der Waals surface area contributed by atoms with E-state index in [0.717, 1.165) is 36.9 Å². The third-order valence-corrected chi connectivity index (χ3v) is 5.67. The van der Waals surface area contributed by atoms with Crippen LogP contribution in [0.25, 0.3) is 11.3 Å².